The van der Waals surface area contributed by atoms with Gasteiger partial charge in [-0.05, 0) is 50.9 Å². The molecule has 1 aromatic heterocycles. The summed E-state index contributed by atoms with van der Waals surface area (Å²) in [5.41, 5.74) is 4.00. The Morgan fingerprint density at radius 1 is 1.31 bits per heavy atom. The normalized spacial score (nSPS) is 20.2. The molecular formula is C14H22N2. The van der Waals surface area contributed by atoms with Gasteiger partial charge in [-0.1, -0.05) is 19.9 Å². The Morgan fingerprint density at radius 3 is 2.69 bits per heavy atom. The lowest BCUT2D eigenvalue weighted by Crippen LogP contribution is -2.25. The highest BCUT2D eigenvalue weighted by molar-refractivity contribution is 5.29. The van der Waals surface area contributed by atoms with Gasteiger partial charge in [-0.25, -0.2) is 0 Å². The van der Waals surface area contributed by atoms with Crippen LogP contribution in [0.2, 0.25) is 0 Å². The molecule has 0 unspecified atom stereocenters. The van der Waals surface area contributed by atoms with E-state index in [4.69, 9.17) is 4.98 Å². The highest BCUT2D eigenvalue weighted by Crippen LogP contribution is 2.32. The van der Waals surface area contributed by atoms with Gasteiger partial charge in [0, 0.05) is 5.69 Å². The Hall–Kier alpha value is -0.890. The zero-order valence-corrected chi connectivity index (χ0v) is 10.8. The quantitative estimate of drug-likeness (QED) is 0.758. The Kier molecular flexibility index (Phi) is 3.29. The molecule has 0 fully saturated rings. The maximum atomic E-state index is 4.87. The first-order chi connectivity index (χ1) is 7.59. The molecule has 0 N–H and O–H groups in total. The largest absolute Gasteiger partial charge is 0.301 e. The maximum Gasteiger partial charge on any atom is 0.0610 e. The fourth-order valence-electron chi connectivity index (χ4n) is 2.47. The highest BCUT2D eigenvalue weighted by atomic mass is 15.1. The molecule has 0 spiro atoms. The van der Waals surface area contributed by atoms with E-state index in [1.807, 2.05) is 0 Å². The Labute approximate surface area is 98.7 Å². The minimum absolute atomic E-state index is 0.516. The molecule has 2 heteroatoms. The first kappa shape index (κ1) is 11.6. The van der Waals surface area contributed by atoms with Crippen molar-refractivity contribution >= 4 is 0 Å². The molecule has 88 valence electrons. The Morgan fingerprint density at radius 2 is 2.06 bits per heavy atom. The SMILES string of the molecule is CC(C)c1ccc2c(n1)[C@@H](N(C)C)CCC2. The molecule has 1 aromatic rings. The molecule has 0 amide bonds. The number of aromatic nitrogens is 1. The third-order valence-corrected chi connectivity index (χ3v) is 3.49. The Bertz CT molecular complexity index is 369. The Balaban J connectivity index is 2.40. The predicted octanol–water partition coefficient (Wildman–Crippen LogP) is 3.14. The van der Waals surface area contributed by atoms with Crippen molar-refractivity contribution in [1.29, 1.82) is 0 Å². The summed E-state index contributed by atoms with van der Waals surface area (Å²) in [7, 11) is 4.31. The van der Waals surface area contributed by atoms with Gasteiger partial charge in [0.25, 0.3) is 0 Å². The van der Waals surface area contributed by atoms with Crippen LogP contribution in [0.5, 0.6) is 0 Å². The molecule has 0 saturated heterocycles. The van der Waals surface area contributed by atoms with E-state index in [2.05, 4.69) is 45.0 Å². The van der Waals surface area contributed by atoms with Gasteiger partial charge in [-0.3, -0.25) is 4.98 Å². The molecule has 0 radical (unpaired) electrons. The van der Waals surface area contributed by atoms with Gasteiger partial charge in [-0.2, -0.15) is 0 Å². The number of nitrogens with zero attached hydrogens (tertiary/aromatic N) is 2. The molecule has 1 atom stereocenters. The van der Waals surface area contributed by atoms with Gasteiger partial charge in [0.15, 0.2) is 0 Å². The van der Waals surface area contributed by atoms with Crippen molar-refractivity contribution in [3.8, 4) is 0 Å². The van der Waals surface area contributed by atoms with Crippen molar-refractivity contribution in [2.75, 3.05) is 14.1 Å². The van der Waals surface area contributed by atoms with Crippen LogP contribution in [0.3, 0.4) is 0 Å². The molecule has 16 heavy (non-hydrogen) atoms. The maximum absolute atomic E-state index is 4.87. The van der Waals surface area contributed by atoms with Crippen LogP contribution in [0.4, 0.5) is 0 Å². The van der Waals surface area contributed by atoms with Crippen LogP contribution >= 0.6 is 0 Å². The van der Waals surface area contributed by atoms with E-state index in [0.29, 0.717) is 12.0 Å². The smallest absolute Gasteiger partial charge is 0.0610 e. The second kappa shape index (κ2) is 4.54. The van der Waals surface area contributed by atoms with Crippen LogP contribution in [0.15, 0.2) is 12.1 Å². The number of hydrogen-bond acceptors (Lipinski definition) is 2. The monoisotopic (exact) mass is 218 g/mol. The fourth-order valence-corrected chi connectivity index (χ4v) is 2.47. The summed E-state index contributed by atoms with van der Waals surface area (Å²) < 4.78 is 0. The summed E-state index contributed by atoms with van der Waals surface area (Å²) in [6, 6.07) is 5.00. The van der Waals surface area contributed by atoms with Crippen molar-refractivity contribution < 1.29 is 0 Å². The number of rotatable bonds is 2. The van der Waals surface area contributed by atoms with Gasteiger partial charge >= 0.3 is 0 Å². The predicted molar refractivity (Wildman–Crippen MR) is 67.7 cm³/mol. The summed E-state index contributed by atoms with van der Waals surface area (Å²) in [4.78, 5) is 7.17. The van der Waals surface area contributed by atoms with Crippen LogP contribution < -0.4 is 0 Å². The van der Waals surface area contributed by atoms with E-state index < -0.39 is 0 Å². The van der Waals surface area contributed by atoms with Crippen LogP contribution in [-0.4, -0.2) is 24.0 Å². The molecule has 1 heterocycles. The number of aryl methyl sites for hydroxylation is 1. The third kappa shape index (κ3) is 2.12. The van der Waals surface area contributed by atoms with E-state index in [1.54, 1.807) is 0 Å². The average molecular weight is 218 g/mol. The minimum Gasteiger partial charge on any atom is -0.301 e. The van der Waals surface area contributed by atoms with E-state index in [0.717, 1.165) is 0 Å². The fraction of sp³-hybridized carbons (Fsp3) is 0.643. The lowest BCUT2D eigenvalue weighted by Gasteiger charge is -2.30. The van der Waals surface area contributed by atoms with Gasteiger partial charge in [0.2, 0.25) is 0 Å². The van der Waals surface area contributed by atoms with E-state index in [-0.39, 0.29) is 0 Å². The van der Waals surface area contributed by atoms with E-state index in [1.165, 1.54) is 36.2 Å². The van der Waals surface area contributed by atoms with Crippen molar-refractivity contribution in [1.82, 2.24) is 9.88 Å². The summed E-state index contributed by atoms with van der Waals surface area (Å²) in [5, 5.41) is 0. The van der Waals surface area contributed by atoms with Gasteiger partial charge < -0.3 is 4.90 Å². The van der Waals surface area contributed by atoms with Crippen molar-refractivity contribution in [3.63, 3.8) is 0 Å². The number of pyridine rings is 1. The zero-order valence-electron chi connectivity index (χ0n) is 10.8. The molecule has 2 nitrogen and oxygen atoms in total. The molecule has 1 aliphatic carbocycles. The van der Waals surface area contributed by atoms with E-state index in [9.17, 15) is 0 Å². The lowest BCUT2D eigenvalue weighted by molar-refractivity contribution is 0.261. The molecule has 0 aromatic carbocycles. The van der Waals surface area contributed by atoms with Gasteiger partial charge in [0.1, 0.15) is 0 Å². The minimum atomic E-state index is 0.516. The molecule has 2 rings (SSSR count). The van der Waals surface area contributed by atoms with E-state index >= 15 is 0 Å². The number of hydrogen-bond donors (Lipinski definition) is 0. The summed E-state index contributed by atoms with van der Waals surface area (Å²) >= 11 is 0. The van der Waals surface area contributed by atoms with Crippen LogP contribution in [0.1, 0.15) is 55.6 Å². The van der Waals surface area contributed by atoms with Crippen molar-refractivity contribution in [2.24, 2.45) is 0 Å². The third-order valence-electron chi connectivity index (χ3n) is 3.49. The molecule has 0 bridgehead atoms. The van der Waals surface area contributed by atoms with Crippen LogP contribution in [0, 0.1) is 0 Å². The number of fused-ring (bicyclic) bond motifs is 1. The first-order valence-corrected chi connectivity index (χ1v) is 6.25. The molecule has 0 aliphatic heterocycles. The summed E-state index contributed by atoms with van der Waals surface area (Å²) in [6.45, 7) is 4.42. The van der Waals surface area contributed by atoms with Crippen LogP contribution in [-0.2, 0) is 6.42 Å². The van der Waals surface area contributed by atoms with Gasteiger partial charge in [0.05, 0.1) is 11.7 Å². The summed E-state index contributed by atoms with van der Waals surface area (Å²) in [5.74, 6) is 0.523. The average Bonchev–Trinajstić information content (AvgIpc) is 2.27. The van der Waals surface area contributed by atoms with Gasteiger partial charge in [-0.15, -0.1) is 0 Å². The highest BCUT2D eigenvalue weighted by Gasteiger charge is 2.23. The van der Waals surface area contributed by atoms with Crippen molar-refractivity contribution in [2.45, 2.75) is 45.1 Å². The second-order valence-corrected chi connectivity index (χ2v) is 5.31. The summed E-state index contributed by atoms with van der Waals surface area (Å²) in [6.07, 6.45) is 3.73. The second-order valence-electron chi connectivity index (χ2n) is 5.31. The standard InChI is InChI=1S/C14H22N2/c1-10(2)12-9-8-11-6-5-7-13(16(3)4)14(11)15-12/h8-10,13H,5-7H2,1-4H3/t13-/m0/s1. The molecule has 0 saturated carbocycles. The molecular weight excluding hydrogens is 196 g/mol. The zero-order chi connectivity index (χ0) is 11.7. The topological polar surface area (TPSA) is 16.1 Å². The lowest BCUT2D eigenvalue weighted by atomic mass is 9.90. The van der Waals surface area contributed by atoms with Crippen LogP contribution in [0.25, 0.3) is 0 Å². The molecule has 1 aliphatic rings. The first-order valence-electron chi connectivity index (χ1n) is 6.25. The van der Waals surface area contributed by atoms with Crippen molar-refractivity contribution in [3.05, 3.63) is 29.1 Å².